The molecule has 1 fully saturated rings. The monoisotopic (exact) mass is 439 g/mol. The molecule has 1 aliphatic heterocycles. The van der Waals surface area contributed by atoms with Crippen molar-refractivity contribution in [1.29, 1.82) is 0 Å². The molecular weight excluding hydrogens is 422 g/mol. The van der Waals surface area contributed by atoms with Gasteiger partial charge in [0.25, 0.3) is 0 Å². The average molecular weight is 439 g/mol. The smallest absolute Gasteiger partial charge is 0.475 e. The number of carboxylic acids is 1. The summed E-state index contributed by atoms with van der Waals surface area (Å²) < 4.78 is 50.0. The number of aliphatic carboxylic acids is 1. The van der Waals surface area contributed by atoms with Gasteiger partial charge in [0.05, 0.1) is 12.2 Å². The molecule has 0 unspecified atom stereocenters. The number of carboxylic acid groups (broad SMARTS) is 1. The first-order valence-corrected chi connectivity index (χ1v) is 9.01. The van der Waals surface area contributed by atoms with Crippen LogP contribution in [0, 0.1) is 5.82 Å². The molecule has 31 heavy (non-hydrogen) atoms. The summed E-state index contributed by atoms with van der Waals surface area (Å²) >= 11 is 0. The van der Waals surface area contributed by atoms with Crippen molar-refractivity contribution in [2.45, 2.75) is 18.6 Å². The van der Waals surface area contributed by atoms with E-state index in [1.54, 1.807) is 18.3 Å². The second-order valence-electron chi connectivity index (χ2n) is 6.51. The highest BCUT2D eigenvalue weighted by Gasteiger charge is 2.38. The fourth-order valence-electron chi connectivity index (χ4n) is 2.50. The number of nitrogens with one attached hydrogen (secondary N) is 2. The van der Waals surface area contributed by atoms with Crippen LogP contribution >= 0.6 is 0 Å². The molecule has 0 spiro atoms. The molecule has 164 valence electrons. The minimum Gasteiger partial charge on any atom is -0.475 e. The molecule has 0 radical (unpaired) electrons. The number of aromatic nitrogens is 3. The first kappa shape index (κ1) is 22.2. The van der Waals surface area contributed by atoms with Crippen molar-refractivity contribution >= 4 is 11.9 Å². The fraction of sp³-hybridized carbons (Fsp3) is 0.263. The lowest BCUT2D eigenvalue weighted by atomic mass is 9.99. The van der Waals surface area contributed by atoms with Crippen molar-refractivity contribution < 1.29 is 32.0 Å². The fourth-order valence-corrected chi connectivity index (χ4v) is 2.50. The van der Waals surface area contributed by atoms with E-state index in [2.05, 4.69) is 25.8 Å². The van der Waals surface area contributed by atoms with E-state index >= 15 is 0 Å². The van der Waals surface area contributed by atoms with Gasteiger partial charge >= 0.3 is 12.1 Å². The summed E-state index contributed by atoms with van der Waals surface area (Å²) in [5, 5.41) is 17.5. The number of hydrogen-bond acceptors (Lipinski definition) is 7. The number of rotatable bonds is 5. The van der Waals surface area contributed by atoms with Gasteiger partial charge in [0.15, 0.2) is 5.76 Å². The molecule has 12 heteroatoms. The van der Waals surface area contributed by atoms with Crippen LogP contribution in [0.5, 0.6) is 0 Å². The number of carbonyl (C=O) groups is 1. The molecule has 0 atom stereocenters. The SMILES string of the molecule is Fc1ccc(-c2cc(CNc3nccc(C4CNC4)n3)no2)cc1.O=C(O)C(F)(F)F. The zero-order valence-corrected chi connectivity index (χ0v) is 15.9. The topological polar surface area (TPSA) is 113 Å². The molecule has 3 heterocycles. The Hall–Kier alpha value is -3.54. The zero-order valence-electron chi connectivity index (χ0n) is 15.9. The van der Waals surface area contributed by atoms with Gasteiger partial charge in [0.2, 0.25) is 5.95 Å². The molecule has 4 rings (SSSR count). The standard InChI is InChI=1S/C17H16FN5O.C2HF3O2/c18-13-3-1-11(2-4-13)16-7-14(23-24-16)10-21-17-20-6-5-15(22-17)12-8-19-9-12;3-2(4,5)1(6)7/h1-7,12,19H,8-10H2,(H,20,21,22);(H,6,7). The van der Waals surface area contributed by atoms with Gasteiger partial charge in [0, 0.05) is 36.8 Å². The molecular formula is C19H17F4N5O3. The lowest BCUT2D eigenvalue weighted by molar-refractivity contribution is -0.192. The summed E-state index contributed by atoms with van der Waals surface area (Å²) in [5.41, 5.74) is 2.55. The molecule has 3 N–H and O–H groups in total. The van der Waals surface area contributed by atoms with Crippen LogP contribution in [0.25, 0.3) is 11.3 Å². The van der Waals surface area contributed by atoms with E-state index in [4.69, 9.17) is 14.4 Å². The van der Waals surface area contributed by atoms with Gasteiger partial charge in [-0.05, 0) is 30.3 Å². The van der Waals surface area contributed by atoms with Crippen molar-refractivity contribution in [1.82, 2.24) is 20.4 Å². The lowest BCUT2D eigenvalue weighted by Crippen LogP contribution is -2.40. The van der Waals surface area contributed by atoms with E-state index in [1.165, 1.54) is 12.1 Å². The maximum Gasteiger partial charge on any atom is 0.490 e. The second-order valence-corrected chi connectivity index (χ2v) is 6.51. The Morgan fingerprint density at radius 1 is 1.23 bits per heavy atom. The largest absolute Gasteiger partial charge is 0.490 e. The van der Waals surface area contributed by atoms with Crippen LogP contribution in [0.4, 0.5) is 23.5 Å². The van der Waals surface area contributed by atoms with Crippen molar-refractivity contribution in [3.05, 3.63) is 59.8 Å². The van der Waals surface area contributed by atoms with Crippen molar-refractivity contribution in [3.8, 4) is 11.3 Å². The number of hydrogen-bond donors (Lipinski definition) is 3. The van der Waals surface area contributed by atoms with Gasteiger partial charge in [0.1, 0.15) is 11.5 Å². The zero-order chi connectivity index (χ0) is 22.4. The van der Waals surface area contributed by atoms with Crippen LogP contribution in [0.15, 0.2) is 47.1 Å². The minimum atomic E-state index is -5.08. The molecule has 8 nitrogen and oxygen atoms in total. The summed E-state index contributed by atoms with van der Waals surface area (Å²) in [5.74, 6) is -1.40. The first-order chi connectivity index (χ1) is 14.7. The van der Waals surface area contributed by atoms with Gasteiger partial charge in [-0.15, -0.1) is 0 Å². The number of alkyl halides is 3. The van der Waals surface area contributed by atoms with Gasteiger partial charge in [-0.25, -0.2) is 19.2 Å². The summed E-state index contributed by atoms with van der Waals surface area (Å²) in [6, 6.07) is 9.87. The van der Waals surface area contributed by atoms with E-state index < -0.39 is 12.1 Å². The van der Waals surface area contributed by atoms with Gasteiger partial charge in [-0.1, -0.05) is 5.16 Å². The molecule has 0 aliphatic carbocycles. The normalized spacial score (nSPS) is 13.7. The summed E-state index contributed by atoms with van der Waals surface area (Å²) in [4.78, 5) is 17.6. The van der Waals surface area contributed by atoms with Crippen LogP contribution in [-0.4, -0.2) is 45.5 Å². The molecule has 0 saturated carbocycles. The minimum absolute atomic E-state index is 0.279. The van der Waals surface area contributed by atoms with Gasteiger partial charge in [-0.3, -0.25) is 0 Å². The lowest BCUT2D eigenvalue weighted by Gasteiger charge is -2.26. The molecule has 0 bridgehead atoms. The van der Waals surface area contributed by atoms with Crippen LogP contribution in [0.3, 0.4) is 0 Å². The number of nitrogens with zero attached hydrogens (tertiary/aromatic N) is 3. The van der Waals surface area contributed by atoms with E-state index in [1.807, 2.05) is 12.1 Å². The highest BCUT2D eigenvalue weighted by molar-refractivity contribution is 5.73. The Morgan fingerprint density at radius 3 is 2.48 bits per heavy atom. The number of halogens is 4. The Balaban J connectivity index is 0.000000339. The second kappa shape index (κ2) is 9.51. The van der Waals surface area contributed by atoms with Crippen LogP contribution in [0.2, 0.25) is 0 Å². The summed E-state index contributed by atoms with van der Waals surface area (Å²) in [7, 11) is 0. The first-order valence-electron chi connectivity index (χ1n) is 9.01. The highest BCUT2D eigenvalue weighted by Crippen LogP contribution is 2.21. The van der Waals surface area contributed by atoms with Crippen molar-refractivity contribution in [2.75, 3.05) is 18.4 Å². The Morgan fingerprint density at radius 2 is 1.90 bits per heavy atom. The van der Waals surface area contributed by atoms with Crippen LogP contribution in [-0.2, 0) is 11.3 Å². The van der Waals surface area contributed by atoms with Crippen LogP contribution < -0.4 is 10.6 Å². The van der Waals surface area contributed by atoms with Crippen LogP contribution in [0.1, 0.15) is 17.3 Å². The van der Waals surface area contributed by atoms with Gasteiger partial charge < -0.3 is 20.3 Å². The molecule has 1 saturated heterocycles. The summed E-state index contributed by atoms with van der Waals surface area (Å²) in [6.45, 7) is 2.37. The quantitative estimate of drug-likeness (QED) is 0.520. The van der Waals surface area contributed by atoms with E-state index in [0.29, 0.717) is 24.2 Å². The third kappa shape index (κ3) is 6.22. The van der Waals surface area contributed by atoms with E-state index in [0.717, 1.165) is 30.0 Å². The third-order valence-electron chi connectivity index (χ3n) is 4.23. The predicted octanol–water partition coefficient (Wildman–Crippen LogP) is 3.20. The maximum atomic E-state index is 13.0. The molecule has 2 aromatic heterocycles. The van der Waals surface area contributed by atoms with Crippen molar-refractivity contribution in [2.24, 2.45) is 0 Å². The average Bonchev–Trinajstić information content (AvgIpc) is 3.15. The third-order valence-corrected chi connectivity index (χ3v) is 4.23. The maximum absolute atomic E-state index is 13.0. The summed E-state index contributed by atoms with van der Waals surface area (Å²) in [6.07, 6.45) is -3.32. The number of anilines is 1. The van der Waals surface area contributed by atoms with E-state index in [9.17, 15) is 17.6 Å². The Labute approximate surface area is 173 Å². The molecule has 1 aromatic carbocycles. The molecule has 1 aliphatic rings. The molecule has 3 aromatic rings. The Bertz CT molecular complexity index is 1020. The van der Waals surface area contributed by atoms with E-state index in [-0.39, 0.29) is 5.82 Å². The number of benzene rings is 1. The van der Waals surface area contributed by atoms with Gasteiger partial charge in [-0.2, -0.15) is 13.2 Å². The van der Waals surface area contributed by atoms with Crippen molar-refractivity contribution in [3.63, 3.8) is 0 Å². The Kier molecular flexibility index (Phi) is 6.80. The highest BCUT2D eigenvalue weighted by atomic mass is 19.4. The predicted molar refractivity (Wildman–Crippen MR) is 101 cm³/mol. The molecule has 0 amide bonds.